The Hall–Kier alpha value is -3.26. The summed E-state index contributed by atoms with van der Waals surface area (Å²) in [5, 5.41) is 10.3. The minimum atomic E-state index is -0.0518. The summed E-state index contributed by atoms with van der Waals surface area (Å²) >= 11 is 0. The first-order valence-corrected chi connectivity index (χ1v) is 9.68. The molecule has 2 aromatic rings. The summed E-state index contributed by atoms with van der Waals surface area (Å²) in [6.45, 7) is 5.25. The predicted molar refractivity (Wildman–Crippen MR) is 120 cm³/mol. The highest BCUT2D eigenvalue weighted by molar-refractivity contribution is 5.77. The topological polar surface area (TPSA) is 81.3 Å². The fraction of sp³-hybridized carbons (Fsp3) is 0.364. The molecular formula is C22H29N5O3. The number of allylic oxidation sites excluding steroid dienone is 1. The van der Waals surface area contributed by atoms with Crippen LogP contribution in [0.4, 0.5) is 5.69 Å². The predicted octanol–water partition coefficient (Wildman–Crippen LogP) is 2.45. The maximum absolute atomic E-state index is 12.1. The van der Waals surface area contributed by atoms with E-state index < -0.39 is 0 Å². The smallest absolute Gasteiger partial charge is 0.203 e. The lowest BCUT2D eigenvalue weighted by Gasteiger charge is -2.07. The van der Waals surface area contributed by atoms with E-state index in [-0.39, 0.29) is 5.43 Å². The summed E-state index contributed by atoms with van der Waals surface area (Å²) in [6.07, 6.45) is 6.29. The summed E-state index contributed by atoms with van der Waals surface area (Å²) in [5.74, 6) is 0.484. The number of rotatable bonds is 12. The van der Waals surface area contributed by atoms with Crippen molar-refractivity contribution in [3.8, 4) is 0 Å². The standard InChI is InChI=1S/C22H29N5O3/c1-18(30-16-15-29-4)17-23-20-8-5-19(6-9-20)7-10-21-22(28)11-13-27(25-21)14-12-24-26(2)3/h5-6,8-9,11-13,17H,1,7,10,14-16H2,2-4H3/b23-17?,24-12-. The Balaban J connectivity index is 1.90. The van der Waals surface area contributed by atoms with Crippen LogP contribution in [0.2, 0.25) is 0 Å². The van der Waals surface area contributed by atoms with Crippen molar-refractivity contribution < 1.29 is 9.47 Å². The zero-order valence-corrected chi connectivity index (χ0v) is 17.8. The molecule has 0 saturated heterocycles. The van der Waals surface area contributed by atoms with Gasteiger partial charge in [0.2, 0.25) is 5.43 Å². The summed E-state index contributed by atoms with van der Waals surface area (Å²) < 4.78 is 12.0. The molecule has 0 spiro atoms. The molecule has 1 aromatic carbocycles. The van der Waals surface area contributed by atoms with Crippen LogP contribution in [0.15, 0.2) is 63.8 Å². The Bertz CT molecular complexity index is 917. The van der Waals surface area contributed by atoms with Crippen molar-refractivity contribution in [1.29, 1.82) is 0 Å². The van der Waals surface area contributed by atoms with Crippen molar-refractivity contribution in [1.82, 2.24) is 14.8 Å². The fourth-order valence-corrected chi connectivity index (χ4v) is 2.50. The number of aliphatic imine (C=N–C) groups is 1. The van der Waals surface area contributed by atoms with Gasteiger partial charge in [0.1, 0.15) is 18.1 Å². The van der Waals surface area contributed by atoms with Gasteiger partial charge in [-0.05, 0) is 30.5 Å². The van der Waals surface area contributed by atoms with Gasteiger partial charge in [0, 0.05) is 39.7 Å². The molecule has 8 nitrogen and oxygen atoms in total. The molecule has 2 rings (SSSR count). The van der Waals surface area contributed by atoms with E-state index in [2.05, 4.69) is 21.8 Å². The molecule has 0 aliphatic carbocycles. The molecule has 0 aliphatic heterocycles. The Morgan fingerprint density at radius 3 is 2.67 bits per heavy atom. The molecule has 0 saturated carbocycles. The van der Waals surface area contributed by atoms with Gasteiger partial charge in [0.25, 0.3) is 0 Å². The van der Waals surface area contributed by atoms with Crippen LogP contribution in [0.25, 0.3) is 0 Å². The Morgan fingerprint density at radius 2 is 1.97 bits per heavy atom. The Labute approximate surface area is 177 Å². The SMILES string of the molecule is C=C(C=Nc1ccc(CCc2nn(C/C=N\N(C)C)ccc2=O)cc1)OCCOC. The van der Waals surface area contributed by atoms with Gasteiger partial charge in [-0.25, -0.2) is 0 Å². The van der Waals surface area contributed by atoms with E-state index >= 15 is 0 Å². The first-order valence-electron chi connectivity index (χ1n) is 9.68. The van der Waals surface area contributed by atoms with Gasteiger partial charge in [-0.2, -0.15) is 10.2 Å². The molecule has 0 atom stereocenters. The van der Waals surface area contributed by atoms with E-state index in [4.69, 9.17) is 9.47 Å². The fourth-order valence-electron chi connectivity index (χ4n) is 2.50. The molecule has 30 heavy (non-hydrogen) atoms. The number of methoxy groups -OCH3 is 1. The first-order chi connectivity index (χ1) is 14.5. The number of aromatic nitrogens is 2. The average molecular weight is 412 g/mol. The summed E-state index contributed by atoms with van der Waals surface area (Å²) in [4.78, 5) is 16.4. The molecule has 0 radical (unpaired) electrons. The minimum absolute atomic E-state index is 0.0518. The number of aryl methyl sites for hydroxylation is 2. The number of benzene rings is 1. The van der Waals surface area contributed by atoms with Crippen molar-refractivity contribution in [3.63, 3.8) is 0 Å². The molecule has 1 aromatic heterocycles. The second kappa shape index (κ2) is 12.3. The second-order valence-electron chi connectivity index (χ2n) is 6.73. The van der Waals surface area contributed by atoms with Crippen LogP contribution in [0, 0.1) is 0 Å². The van der Waals surface area contributed by atoms with E-state index in [1.54, 1.807) is 41.5 Å². The van der Waals surface area contributed by atoms with Crippen LogP contribution in [0.3, 0.4) is 0 Å². The highest BCUT2D eigenvalue weighted by atomic mass is 16.5. The molecule has 0 amide bonds. The zero-order valence-electron chi connectivity index (χ0n) is 17.8. The van der Waals surface area contributed by atoms with E-state index in [0.717, 1.165) is 17.7 Å². The van der Waals surface area contributed by atoms with E-state index in [1.165, 1.54) is 0 Å². The van der Waals surface area contributed by atoms with E-state index in [0.29, 0.717) is 37.6 Å². The van der Waals surface area contributed by atoms with Gasteiger partial charge >= 0.3 is 0 Å². The lowest BCUT2D eigenvalue weighted by molar-refractivity contribution is 0.118. The maximum atomic E-state index is 12.1. The number of ether oxygens (including phenoxy) is 2. The number of hydrogen-bond acceptors (Lipinski definition) is 7. The van der Waals surface area contributed by atoms with Crippen molar-refractivity contribution >= 4 is 18.1 Å². The lowest BCUT2D eigenvalue weighted by Crippen LogP contribution is -2.18. The Morgan fingerprint density at radius 1 is 1.20 bits per heavy atom. The molecule has 160 valence electrons. The molecule has 0 aliphatic rings. The van der Waals surface area contributed by atoms with Gasteiger partial charge < -0.3 is 14.5 Å². The van der Waals surface area contributed by atoms with Crippen LogP contribution >= 0.6 is 0 Å². The first kappa shape index (κ1) is 23.0. The highest BCUT2D eigenvalue weighted by Crippen LogP contribution is 2.14. The van der Waals surface area contributed by atoms with Crippen molar-refractivity contribution in [2.45, 2.75) is 19.4 Å². The summed E-state index contributed by atoms with van der Waals surface area (Å²) in [5.41, 5.74) is 2.40. The minimum Gasteiger partial charge on any atom is -0.490 e. The van der Waals surface area contributed by atoms with Crippen LogP contribution in [0.1, 0.15) is 11.3 Å². The summed E-state index contributed by atoms with van der Waals surface area (Å²) in [6, 6.07) is 9.37. The number of nitrogens with zero attached hydrogens (tertiary/aromatic N) is 5. The largest absolute Gasteiger partial charge is 0.490 e. The van der Waals surface area contributed by atoms with Crippen LogP contribution in [0.5, 0.6) is 0 Å². The molecule has 8 heteroatoms. The molecular weight excluding hydrogens is 382 g/mol. The maximum Gasteiger partial charge on any atom is 0.203 e. The van der Waals surface area contributed by atoms with E-state index in [1.807, 2.05) is 38.4 Å². The average Bonchev–Trinajstić information content (AvgIpc) is 2.73. The van der Waals surface area contributed by atoms with Gasteiger partial charge in [-0.1, -0.05) is 18.7 Å². The van der Waals surface area contributed by atoms with Crippen molar-refractivity contribution in [2.24, 2.45) is 10.1 Å². The van der Waals surface area contributed by atoms with Gasteiger partial charge in [0.15, 0.2) is 0 Å². The van der Waals surface area contributed by atoms with Crippen molar-refractivity contribution in [3.05, 3.63) is 70.3 Å². The Kier molecular flexibility index (Phi) is 9.47. The quantitative estimate of drug-likeness (QED) is 0.232. The van der Waals surface area contributed by atoms with Gasteiger partial charge in [-0.15, -0.1) is 0 Å². The highest BCUT2D eigenvalue weighted by Gasteiger charge is 2.04. The number of hydrazone groups is 1. The van der Waals surface area contributed by atoms with E-state index in [9.17, 15) is 4.79 Å². The summed E-state index contributed by atoms with van der Waals surface area (Å²) in [7, 11) is 5.32. The van der Waals surface area contributed by atoms with Crippen LogP contribution in [-0.4, -0.2) is 61.6 Å². The zero-order chi connectivity index (χ0) is 21.8. The molecule has 0 fully saturated rings. The normalized spacial score (nSPS) is 11.3. The van der Waals surface area contributed by atoms with Crippen molar-refractivity contribution in [2.75, 3.05) is 34.4 Å². The molecule has 0 unspecified atom stereocenters. The van der Waals surface area contributed by atoms with Gasteiger partial charge in [0.05, 0.1) is 25.1 Å². The molecule has 0 N–H and O–H groups in total. The van der Waals surface area contributed by atoms with Crippen LogP contribution in [-0.2, 0) is 28.9 Å². The third-order valence-electron chi connectivity index (χ3n) is 4.03. The third-order valence-corrected chi connectivity index (χ3v) is 4.03. The van der Waals surface area contributed by atoms with Gasteiger partial charge in [-0.3, -0.25) is 14.5 Å². The monoisotopic (exact) mass is 411 g/mol. The molecule has 1 heterocycles. The molecule has 0 bridgehead atoms. The lowest BCUT2D eigenvalue weighted by atomic mass is 10.1. The number of hydrogen-bond donors (Lipinski definition) is 0. The second-order valence-corrected chi connectivity index (χ2v) is 6.73. The van der Waals surface area contributed by atoms with Crippen LogP contribution < -0.4 is 5.43 Å². The third kappa shape index (κ3) is 8.40.